The summed E-state index contributed by atoms with van der Waals surface area (Å²) in [6.45, 7) is 0.376. The maximum Gasteiger partial charge on any atom is 0.328 e. The lowest BCUT2D eigenvalue weighted by Crippen LogP contribution is -2.54. The highest BCUT2D eigenvalue weighted by Gasteiger charge is 2.54. The molecular weight excluding hydrogens is 380 g/mol. The molecule has 3 atom stereocenters. The fourth-order valence-electron chi connectivity index (χ4n) is 8.15. The van der Waals surface area contributed by atoms with Gasteiger partial charge in [-0.15, -0.1) is 0 Å². The van der Waals surface area contributed by atoms with Gasteiger partial charge in [0.25, 0.3) is 0 Å². The minimum atomic E-state index is -0.450. The molecule has 4 bridgehead atoms. The van der Waals surface area contributed by atoms with Crippen LogP contribution in [0.4, 0.5) is 0 Å². The molecule has 1 aliphatic heterocycles. The van der Waals surface area contributed by atoms with Crippen LogP contribution in [0.15, 0.2) is 0 Å². The molecule has 0 radical (unpaired) electrons. The lowest BCUT2D eigenvalue weighted by atomic mass is 9.49. The van der Waals surface area contributed by atoms with Crippen molar-refractivity contribution in [3.05, 3.63) is 0 Å². The van der Waals surface area contributed by atoms with E-state index in [4.69, 9.17) is 4.74 Å². The Labute approximate surface area is 179 Å². The number of amides is 2. The Morgan fingerprint density at radius 3 is 2.23 bits per heavy atom. The quantitative estimate of drug-likeness (QED) is 0.699. The summed E-state index contributed by atoms with van der Waals surface area (Å²) < 4.78 is 5.00. The number of esters is 1. The monoisotopic (exact) mass is 416 g/mol. The first-order valence-electron chi connectivity index (χ1n) is 12.2. The van der Waals surface area contributed by atoms with Crippen molar-refractivity contribution in [2.24, 2.45) is 29.1 Å². The molecule has 6 fully saturated rings. The van der Waals surface area contributed by atoms with Crippen molar-refractivity contribution >= 4 is 17.8 Å². The summed E-state index contributed by atoms with van der Waals surface area (Å²) >= 11 is 0. The Hall–Kier alpha value is -1.59. The van der Waals surface area contributed by atoms with Crippen LogP contribution in [0.2, 0.25) is 0 Å². The summed E-state index contributed by atoms with van der Waals surface area (Å²) in [5.74, 6) is 2.48. The van der Waals surface area contributed by atoms with Gasteiger partial charge in [-0.05, 0) is 81.5 Å². The van der Waals surface area contributed by atoms with Gasteiger partial charge in [-0.1, -0.05) is 12.8 Å². The van der Waals surface area contributed by atoms with E-state index in [1.807, 2.05) is 4.90 Å². The molecule has 0 aromatic carbocycles. The Morgan fingerprint density at radius 2 is 1.60 bits per heavy atom. The third kappa shape index (κ3) is 3.44. The summed E-state index contributed by atoms with van der Waals surface area (Å²) in [6, 6.07) is -0.288. The van der Waals surface area contributed by atoms with Crippen molar-refractivity contribution in [2.75, 3.05) is 13.7 Å². The molecule has 6 rings (SSSR count). The molecule has 166 valence electrons. The van der Waals surface area contributed by atoms with Crippen molar-refractivity contribution < 1.29 is 19.1 Å². The molecule has 1 heterocycles. The number of hydrogen-bond acceptors (Lipinski definition) is 4. The minimum absolute atomic E-state index is 0.00869. The lowest BCUT2D eigenvalue weighted by molar-refractivity contribution is -0.152. The van der Waals surface area contributed by atoms with E-state index in [9.17, 15) is 14.4 Å². The van der Waals surface area contributed by atoms with Crippen LogP contribution >= 0.6 is 0 Å². The molecule has 0 aromatic rings. The zero-order valence-electron chi connectivity index (χ0n) is 18.2. The number of carbonyl (C=O) groups is 3. The number of ether oxygens (including phenoxy) is 1. The Morgan fingerprint density at radius 1 is 0.967 bits per heavy atom. The number of nitrogens with zero attached hydrogens (tertiary/aromatic N) is 1. The first kappa shape index (κ1) is 20.3. The number of rotatable bonds is 5. The largest absolute Gasteiger partial charge is 0.467 e. The summed E-state index contributed by atoms with van der Waals surface area (Å²) in [5.41, 5.74) is -0.172. The Kier molecular flexibility index (Phi) is 5.30. The first-order chi connectivity index (χ1) is 14.5. The fourth-order valence-corrected chi connectivity index (χ4v) is 8.15. The van der Waals surface area contributed by atoms with E-state index in [1.165, 1.54) is 32.8 Å². The zero-order valence-corrected chi connectivity index (χ0v) is 18.2. The van der Waals surface area contributed by atoms with Gasteiger partial charge in [-0.2, -0.15) is 0 Å². The highest BCUT2D eigenvalue weighted by atomic mass is 16.5. The standard InChI is InChI=1S/C24H36N2O4/c1-30-22(28)20-11-18-4-2-3-5-19(18)26(20)21(27)6-7-25-23(29)24-12-15-8-16(13-24)10-17(9-15)14-24/h15-20H,2-14H2,1H3,(H,25,29)/t15?,16?,17?,18-,19+,20+,24?/m1/s1. The average molecular weight is 417 g/mol. The normalized spacial score (nSPS) is 41.4. The van der Waals surface area contributed by atoms with Gasteiger partial charge in [-0.25, -0.2) is 4.79 Å². The Bertz CT molecular complexity index is 685. The second-order valence-corrected chi connectivity index (χ2v) is 10.9. The molecule has 6 nitrogen and oxygen atoms in total. The SMILES string of the molecule is COC(=O)[C@@H]1C[C@H]2CCCC[C@@H]2N1C(=O)CCNC(=O)C12CC3CC(CC(C3)C1)C2. The van der Waals surface area contributed by atoms with Gasteiger partial charge in [0.05, 0.1) is 7.11 Å². The fraction of sp³-hybridized carbons (Fsp3) is 0.875. The number of carbonyl (C=O) groups excluding carboxylic acids is 3. The van der Waals surface area contributed by atoms with E-state index in [2.05, 4.69) is 5.32 Å². The molecule has 6 aliphatic rings. The molecule has 5 saturated carbocycles. The topological polar surface area (TPSA) is 75.7 Å². The molecule has 30 heavy (non-hydrogen) atoms. The first-order valence-corrected chi connectivity index (χ1v) is 12.2. The van der Waals surface area contributed by atoms with Gasteiger partial charge < -0.3 is 15.0 Å². The van der Waals surface area contributed by atoms with E-state index < -0.39 is 6.04 Å². The molecule has 1 N–H and O–H groups in total. The third-order valence-corrected chi connectivity index (χ3v) is 8.99. The predicted octanol–water partition coefficient (Wildman–Crippen LogP) is 3.04. The van der Waals surface area contributed by atoms with Crippen LogP contribution in [0.25, 0.3) is 0 Å². The van der Waals surface area contributed by atoms with Crippen molar-refractivity contribution in [3.8, 4) is 0 Å². The van der Waals surface area contributed by atoms with Crippen LogP contribution in [0.5, 0.6) is 0 Å². The maximum atomic E-state index is 13.1. The smallest absolute Gasteiger partial charge is 0.328 e. The summed E-state index contributed by atoms with van der Waals surface area (Å²) in [5, 5.41) is 3.12. The van der Waals surface area contributed by atoms with Crippen LogP contribution < -0.4 is 5.32 Å². The van der Waals surface area contributed by atoms with E-state index in [0.29, 0.717) is 12.5 Å². The summed E-state index contributed by atoms with van der Waals surface area (Å²) in [4.78, 5) is 40.4. The lowest BCUT2D eigenvalue weighted by Gasteiger charge is -2.55. The molecule has 0 aromatic heterocycles. The molecule has 1 saturated heterocycles. The van der Waals surface area contributed by atoms with Crippen molar-refractivity contribution in [1.82, 2.24) is 10.2 Å². The summed E-state index contributed by atoms with van der Waals surface area (Å²) in [6.07, 6.45) is 12.4. The van der Waals surface area contributed by atoms with E-state index in [0.717, 1.165) is 62.7 Å². The molecule has 0 unspecified atom stereocenters. The number of methoxy groups -OCH3 is 1. The summed E-state index contributed by atoms with van der Waals surface area (Å²) in [7, 11) is 1.40. The second-order valence-electron chi connectivity index (χ2n) is 10.9. The van der Waals surface area contributed by atoms with Crippen molar-refractivity contribution in [1.29, 1.82) is 0 Å². The van der Waals surface area contributed by atoms with E-state index in [-0.39, 0.29) is 35.7 Å². The van der Waals surface area contributed by atoms with Crippen LogP contribution in [-0.2, 0) is 19.1 Å². The van der Waals surface area contributed by atoms with E-state index in [1.54, 1.807) is 0 Å². The Balaban J connectivity index is 1.19. The van der Waals surface area contributed by atoms with Crippen LogP contribution in [-0.4, -0.2) is 48.4 Å². The van der Waals surface area contributed by atoms with E-state index >= 15 is 0 Å². The van der Waals surface area contributed by atoms with Crippen LogP contribution in [0.3, 0.4) is 0 Å². The molecule has 5 aliphatic carbocycles. The van der Waals surface area contributed by atoms with Gasteiger partial charge in [0.15, 0.2) is 0 Å². The van der Waals surface area contributed by atoms with Crippen molar-refractivity contribution in [3.63, 3.8) is 0 Å². The number of hydrogen-bond donors (Lipinski definition) is 1. The maximum absolute atomic E-state index is 13.1. The second kappa shape index (κ2) is 7.83. The van der Waals surface area contributed by atoms with Gasteiger partial charge in [0, 0.05) is 24.4 Å². The number of nitrogens with one attached hydrogen (secondary N) is 1. The highest BCUT2D eigenvalue weighted by molar-refractivity contribution is 5.87. The van der Waals surface area contributed by atoms with Crippen LogP contribution in [0.1, 0.15) is 77.0 Å². The van der Waals surface area contributed by atoms with Crippen LogP contribution in [0, 0.1) is 29.1 Å². The molecule has 2 amide bonds. The third-order valence-electron chi connectivity index (χ3n) is 8.99. The average Bonchev–Trinajstić information content (AvgIpc) is 3.11. The van der Waals surface area contributed by atoms with Gasteiger partial charge >= 0.3 is 5.97 Å². The zero-order chi connectivity index (χ0) is 20.9. The van der Waals surface area contributed by atoms with Crippen molar-refractivity contribution in [2.45, 2.75) is 89.1 Å². The predicted molar refractivity (Wildman–Crippen MR) is 111 cm³/mol. The highest BCUT2D eigenvalue weighted by Crippen LogP contribution is 2.60. The van der Waals surface area contributed by atoms with Gasteiger partial charge in [-0.3, -0.25) is 9.59 Å². The minimum Gasteiger partial charge on any atom is -0.467 e. The van der Waals surface area contributed by atoms with Gasteiger partial charge in [0.1, 0.15) is 6.04 Å². The molecular formula is C24H36N2O4. The number of likely N-dealkylation sites (tertiary alicyclic amines) is 1. The van der Waals surface area contributed by atoms with Gasteiger partial charge in [0.2, 0.25) is 11.8 Å². The molecule has 0 spiro atoms. The molecule has 6 heteroatoms. The number of fused-ring (bicyclic) bond motifs is 1.